The highest BCUT2D eigenvalue weighted by molar-refractivity contribution is 6.09. The second kappa shape index (κ2) is 6.23. The molecular formula is C18H19N5O. The van der Waals surface area contributed by atoms with Crippen LogP contribution in [0.15, 0.2) is 42.5 Å². The van der Waals surface area contributed by atoms with Gasteiger partial charge in [0.2, 0.25) is 0 Å². The Labute approximate surface area is 140 Å². The van der Waals surface area contributed by atoms with Crippen molar-refractivity contribution in [2.24, 2.45) is 0 Å². The van der Waals surface area contributed by atoms with Crippen LogP contribution in [-0.2, 0) is 6.54 Å². The van der Waals surface area contributed by atoms with Crippen LogP contribution >= 0.6 is 0 Å². The Hall–Kier alpha value is -3.02. The lowest BCUT2D eigenvalue weighted by Gasteiger charge is -2.24. The number of carbonyl (C=O) groups excluding carboxylic acids is 1. The number of aromatic nitrogens is 1. The summed E-state index contributed by atoms with van der Waals surface area (Å²) in [6.45, 7) is 4.30. The standard InChI is InChI=1S/C18H19N5O/c1-12(2)23(11-19)17(20)15-8-5-9-16(21-15)22-10-13-6-3-4-7-14(13)18(22)24/h3-9,11-12,19-20H,10H2,1-2H3. The Balaban J connectivity index is 1.91. The van der Waals surface area contributed by atoms with Crippen molar-refractivity contribution in [2.45, 2.75) is 26.4 Å². The quantitative estimate of drug-likeness (QED) is 0.671. The van der Waals surface area contributed by atoms with Crippen LogP contribution in [0.5, 0.6) is 0 Å². The largest absolute Gasteiger partial charge is 0.314 e. The topological polar surface area (TPSA) is 84.1 Å². The molecule has 122 valence electrons. The summed E-state index contributed by atoms with van der Waals surface area (Å²) < 4.78 is 0. The Kier molecular flexibility index (Phi) is 4.12. The van der Waals surface area contributed by atoms with Crippen molar-refractivity contribution >= 4 is 23.9 Å². The number of hydrogen-bond acceptors (Lipinski definition) is 4. The number of amidine groups is 1. The summed E-state index contributed by atoms with van der Waals surface area (Å²) >= 11 is 0. The summed E-state index contributed by atoms with van der Waals surface area (Å²) in [5, 5.41) is 15.8. The van der Waals surface area contributed by atoms with E-state index >= 15 is 0 Å². The van der Waals surface area contributed by atoms with Gasteiger partial charge in [-0.25, -0.2) is 4.98 Å². The average molecular weight is 321 g/mol. The minimum absolute atomic E-state index is 0.0156. The van der Waals surface area contributed by atoms with Gasteiger partial charge in [0, 0.05) is 11.6 Å². The van der Waals surface area contributed by atoms with Crippen molar-refractivity contribution < 1.29 is 4.79 Å². The van der Waals surface area contributed by atoms with Crippen LogP contribution in [0.1, 0.15) is 35.5 Å². The van der Waals surface area contributed by atoms with E-state index in [9.17, 15) is 4.79 Å². The Morgan fingerprint density at radius 3 is 2.67 bits per heavy atom. The summed E-state index contributed by atoms with van der Waals surface area (Å²) in [6.07, 6.45) is 1.12. The Morgan fingerprint density at radius 1 is 1.25 bits per heavy atom. The molecule has 1 aromatic carbocycles. The van der Waals surface area contributed by atoms with Crippen molar-refractivity contribution in [3.63, 3.8) is 0 Å². The fourth-order valence-corrected chi connectivity index (χ4v) is 2.75. The highest BCUT2D eigenvalue weighted by Gasteiger charge is 2.29. The molecule has 1 aliphatic rings. The molecule has 0 saturated carbocycles. The molecule has 1 aliphatic heterocycles. The third-order valence-electron chi connectivity index (χ3n) is 4.03. The molecule has 6 heteroatoms. The predicted molar refractivity (Wildman–Crippen MR) is 93.8 cm³/mol. The van der Waals surface area contributed by atoms with Crippen LogP contribution in [0, 0.1) is 10.8 Å². The number of fused-ring (bicyclic) bond motifs is 1. The molecule has 0 aliphatic carbocycles. The summed E-state index contributed by atoms with van der Waals surface area (Å²) in [7, 11) is 0. The first-order valence-corrected chi connectivity index (χ1v) is 7.77. The van der Waals surface area contributed by atoms with Gasteiger partial charge in [-0.05, 0) is 37.6 Å². The molecule has 0 atom stereocenters. The molecule has 1 amide bonds. The number of pyridine rings is 1. The minimum atomic E-state index is -0.0745. The third kappa shape index (κ3) is 2.67. The van der Waals surface area contributed by atoms with Gasteiger partial charge < -0.3 is 4.90 Å². The number of hydrogen-bond donors (Lipinski definition) is 2. The average Bonchev–Trinajstić information content (AvgIpc) is 2.92. The number of rotatable bonds is 4. The summed E-state index contributed by atoms with van der Waals surface area (Å²) in [5.74, 6) is 0.590. The van der Waals surface area contributed by atoms with E-state index in [1.807, 2.05) is 38.1 Å². The van der Waals surface area contributed by atoms with Crippen molar-refractivity contribution in [1.82, 2.24) is 9.88 Å². The maximum Gasteiger partial charge on any atom is 0.260 e. The Morgan fingerprint density at radius 2 is 2.00 bits per heavy atom. The van der Waals surface area contributed by atoms with Gasteiger partial charge in [-0.1, -0.05) is 24.3 Å². The van der Waals surface area contributed by atoms with Gasteiger partial charge >= 0.3 is 0 Å². The molecule has 2 N–H and O–H groups in total. The van der Waals surface area contributed by atoms with E-state index in [2.05, 4.69) is 4.98 Å². The van der Waals surface area contributed by atoms with Gasteiger partial charge in [0.05, 0.1) is 12.9 Å². The number of benzene rings is 1. The molecule has 0 fully saturated rings. The molecule has 6 nitrogen and oxygen atoms in total. The van der Waals surface area contributed by atoms with Crippen molar-refractivity contribution in [2.75, 3.05) is 4.90 Å². The van der Waals surface area contributed by atoms with Crippen LogP contribution in [0.3, 0.4) is 0 Å². The van der Waals surface area contributed by atoms with Gasteiger partial charge in [0.1, 0.15) is 11.5 Å². The van der Waals surface area contributed by atoms with E-state index in [-0.39, 0.29) is 17.8 Å². The van der Waals surface area contributed by atoms with Crippen LogP contribution in [0.2, 0.25) is 0 Å². The molecule has 2 heterocycles. The van der Waals surface area contributed by atoms with E-state index in [0.29, 0.717) is 23.6 Å². The van der Waals surface area contributed by atoms with Crippen LogP contribution in [-0.4, -0.2) is 34.0 Å². The summed E-state index contributed by atoms with van der Waals surface area (Å²) in [6, 6.07) is 12.8. The zero-order valence-corrected chi connectivity index (χ0v) is 13.7. The van der Waals surface area contributed by atoms with E-state index in [1.165, 1.54) is 4.90 Å². The van der Waals surface area contributed by atoms with Crippen molar-refractivity contribution in [3.05, 3.63) is 59.3 Å². The lowest BCUT2D eigenvalue weighted by molar-refractivity contribution is 0.0996. The SMILES string of the molecule is CC(C)N(C=N)C(=N)c1cccc(N2Cc3ccccc3C2=O)n1. The van der Waals surface area contributed by atoms with Gasteiger partial charge in [0.25, 0.3) is 5.91 Å². The van der Waals surface area contributed by atoms with E-state index < -0.39 is 0 Å². The molecule has 0 unspecified atom stereocenters. The predicted octanol–water partition coefficient (Wildman–Crippen LogP) is 2.88. The lowest BCUT2D eigenvalue weighted by atomic mass is 10.1. The summed E-state index contributed by atoms with van der Waals surface area (Å²) in [5.41, 5.74) is 2.12. The van der Waals surface area contributed by atoms with Crippen LogP contribution < -0.4 is 4.90 Å². The Bertz CT molecular complexity index is 815. The maximum absolute atomic E-state index is 12.6. The normalized spacial score (nSPS) is 13.1. The molecular weight excluding hydrogens is 302 g/mol. The first kappa shape index (κ1) is 15.9. The zero-order chi connectivity index (χ0) is 17.3. The molecule has 0 bridgehead atoms. The van der Waals surface area contributed by atoms with Crippen LogP contribution in [0.4, 0.5) is 5.82 Å². The third-order valence-corrected chi connectivity index (χ3v) is 4.03. The highest BCUT2D eigenvalue weighted by atomic mass is 16.2. The summed E-state index contributed by atoms with van der Waals surface area (Å²) in [4.78, 5) is 20.2. The van der Waals surface area contributed by atoms with Gasteiger partial charge in [-0.3, -0.25) is 20.5 Å². The number of nitrogens with one attached hydrogen (secondary N) is 2. The maximum atomic E-state index is 12.6. The molecule has 2 aromatic rings. The fourth-order valence-electron chi connectivity index (χ4n) is 2.75. The van der Waals surface area contributed by atoms with Gasteiger partial charge in [-0.15, -0.1) is 0 Å². The first-order chi connectivity index (χ1) is 11.5. The lowest BCUT2D eigenvalue weighted by Crippen LogP contribution is -2.36. The molecule has 24 heavy (non-hydrogen) atoms. The molecule has 0 spiro atoms. The fraction of sp³-hybridized carbons (Fsp3) is 0.222. The van der Waals surface area contributed by atoms with Crippen LogP contribution in [0.25, 0.3) is 0 Å². The number of nitrogens with zero attached hydrogens (tertiary/aromatic N) is 3. The van der Waals surface area contributed by atoms with Gasteiger partial charge in [0.15, 0.2) is 5.84 Å². The monoisotopic (exact) mass is 321 g/mol. The molecule has 3 rings (SSSR count). The molecule has 0 radical (unpaired) electrons. The first-order valence-electron chi connectivity index (χ1n) is 7.77. The number of amides is 1. The highest BCUT2D eigenvalue weighted by Crippen LogP contribution is 2.27. The van der Waals surface area contributed by atoms with E-state index in [4.69, 9.17) is 10.8 Å². The second-order valence-electron chi connectivity index (χ2n) is 5.91. The number of anilines is 1. The minimum Gasteiger partial charge on any atom is -0.314 e. The molecule has 1 aromatic heterocycles. The van der Waals surface area contributed by atoms with E-state index in [1.54, 1.807) is 23.1 Å². The van der Waals surface area contributed by atoms with Gasteiger partial charge in [-0.2, -0.15) is 0 Å². The van der Waals surface area contributed by atoms with E-state index in [0.717, 1.165) is 11.9 Å². The smallest absolute Gasteiger partial charge is 0.260 e. The van der Waals surface area contributed by atoms with Crippen molar-refractivity contribution in [1.29, 1.82) is 10.8 Å². The second-order valence-corrected chi connectivity index (χ2v) is 5.91. The zero-order valence-electron chi connectivity index (χ0n) is 13.7. The molecule has 0 saturated heterocycles. The van der Waals surface area contributed by atoms with Crippen molar-refractivity contribution in [3.8, 4) is 0 Å². The number of carbonyl (C=O) groups is 1.